The molecule has 2 aromatic heterocycles. The summed E-state index contributed by atoms with van der Waals surface area (Å²) in [6, 6.07) is 47.2. The Bertz CT molecular complexity index is 2400. The number of aryl methyl sites for hydroxylation is 1. The molecule has 4 nitrogen and oxygen atoms in total. The average molecular weight is 564 g/mol. The molecule has 0 N–H and O–H groups in total. The zero-order valence-electron chi connectivity index (χ0n) is 24.0. The van der Waals surface area contributed by atoms with Gasteiger partial charge in [0.2, 0.25) is 0 Å². The number of fused-ring (bicyclic) bond motifs is 9. The summed E-state index contributed by atoms with van der Waals surface area (Å²) >= 11 is 0. The molecule has 10 rings (SSSR count). The zero-order valence-corrected chi connectivity index (χ0v) is 24.0. The highest BCUT2D eigenvalue weighted by atomic mass is 16.5. The van der Waals surface area contributed by atoms with E-state index < -0.39 is 0 Å². The summed E-state index contributed by atoms with van der Waals surface area (Å²) < 4.78 is 15.8. The Balaban J connectivity index is 1.26. The molecule has 6 aromatic carbocycles. The Kier molecular flexibility index (Phi) is 4.70. The summed E-state index contributed by atoms with van der Waals surface area (Å²) in [6.07, 6.45) is 0. The van der Waals surface area contributed by atoms with E-state index in [4.69, 9.17) is 9.15 Å². The standard InChI is InChI=1S/C39H25BN2O2/c1-24-21-32-36-35(22-24)43-33-18-9-8-16-30(33)40(36)31-17-10-15-29-37(31)42(32)38-28-20-19-27(23-34(28)44-39(29)38)41(25-11-4-2-5-12-25)26-13-6-3-7-14-26/h2-23H,1H3. The first-order chi connectivity index (χ1) is 21.7. The number of hydrogen-bond donors (Lipinski definition) is 0. The third kappa shape index (κ3) is 3.13. The second-order valence-electron chi connectivity index (χ2n) is 11.8. The minimum Gasteiger partial charge on any atom is -0.458 e. The fourth-order valence-corrected chi connectivity index (χ4v) is 7.51. The molecule has 0 saturated heterocycles. The van der Waals surface area contributed by atoms with Gasteiger partial charge in [-0.2, -0.15) is 0 Å². The number of nitrogens with zero attached hydrogens (tertiary/aromatic N) is 2. The van der Waals surface area contributed by atoms with Crippen LogP contribution in [0.4, 0.5) is 17.1 Å². The van der Waals surface area contributed by atoms with Gasteiger partial charge in [-0.15, -0.1) is 0 Å². The normalized spacial score (nSPS) is 12.8. The van der Waals surface area contributed by atoms with E-state index in [0.29, 0.717) is 0 Å². The summed E-state index contributed by atoms with van der Waals surface area (Å²) in [5.41, 5.74) is 13.4. The van der Waals surface area contributed by atoms with Gasteiger partial charge in [-0.1, -0.05) is 66.7 Å². The molecule has 0 radical (unpaired) electrons. The van der Waals surface area contributed by atoms with Crippen molar-refractivity contribution in [1.29, 1.82) is 0 Å². The second-order valence-corrected chi connectivity index (χ2v) is 11.8. The highest BCUT2D eigenvalue weighted by molar-refractivity contribution is 6.99. The lowest BCUT2D eigenvalue weighted by molar-refractivity contribution is 0.487. The molecule has 0 amide bonds. The van der Waals surface area contributed by atoms with Gasteiger partial charge in [0.1, 0.15) is 22.6 Å². The van der Waals surface area contributed by atoms with Crippen LogP contribution >= 0.6 is 0 Å². The van der Waals surface area contributed by atoms with Crippen LogP contribution < -0.4 is 26.0 Å². The van der Waals surface area contributed by atoms with Crippen LogP contribution in [0, 0.1) is 6.92 Å². The predicted octanol–water partition coefficient (Wildman–Crippen LogP) is 8.24. The quantitative estimate of drug-likeness (QED) is 0.203. The van der Waals surface area contributed by atoms with Crippen LogP contribution in [-0.2, 0) is 0 Å². The van der Waals surface area contributed by atoms with E-state index in [-0.39, 0.29) is 6.71 Å². The van der Waals surface area contributed by atoms with Gasteiger partial charge < -0.3 is 18.6 Å². The smallest absolute Gasteiger partial charge is 0.256 e. The first kappa shape index (κ1) is 23.8. The SMILES string of the molecule is Cc1cc2c3c(c1)-n1c4c(cccc4c4oc5cc(N(c6ccccc6)c6ccccc6)ccc5c41)B3c1ccccc1O2. The molecule has 0 fully saturated rings. The van der Waals surface area contributed by atoms with Crippen molar-refractivity contribution in [3.63, 3.8) is 0 Å². The molecule has 0 atom stereocenters. The first-order valence-corrected chi connectivity index (χ1v) is 15.1. The van der Waals surface area contributed by atoms with Crippen molar-refractivity contribution >= 4 is 73.1 Å². The van der Waals surface area contributed by atoms with E-state index in [9.17, 15) is 0 Å². The van der Waals surface area contributed by atoms with Gasteiger partial charge in [0.15, 0.2) is 5.58 Å². The predicted molar refractivity (Wildman–Crippen MR) is 181 cm³/mol. The first-order valence-electron chi connectivity index (χ1n) is 15.1. The lowest BCUT2D eigenvalue weighted by atomic mass is 9.34. The van der Waals surface area contributed by atoms with E-state index in [0.717, 1.165) is 56.0 Å². The molecule has 0 unspecified atom stereocenters. The molecule has 0 spiro atoms. The van der Waals surface area contributed by atoms with Crippen molar-refractivity contribution in [3.8, 4) is 17.2 Å². The van der Waals surface area contributed by atoms with Crippen LogP contribution in [0.25, 0.3) is 38.7 Å². The number of benzene rings is 6. The highest BCUT2D eigenvalue weighted by Gasteiger charge is 2.41. The Morgan fingerprint density at radius 2 is 1.32 bits per heavy atom. The van der Waals surface area contributed by atoms with E-state index in [2.05, 4.69) is 150 Å². The van der Waals surface area contributed by atoms with Gasteiger partial charge in [0.25, 0.3) is 6.71 Å². The summed E-state index contributed by atoms with van der Waals surface area (Å²) in [5.74, 6) is 1.87. The lowest BCUT2D eigenvalue weighted by Crippen LogP contribution is -2.58. The molecule has 8 aromatic rings. The highest BCUT2D eigenvalue weighted by Crippen LogP contribution is 2.43. The van der Waals surface area contributed by atoms with Crippen molar-refractivity contribution < 1.29 is 9.15 Å². The molecule has 0 bridgehead atoms. The van der Waals surface area contributed by atoms with E-state index in [1.165, 1.54) is 33.2 Å². The molecule has 2 aliphatic heterocycles. The van der Waals surface area contributed by atoms with Crippen molar-refractivity contribution in [1.82, 2.24) is 4.57 Å². The molecule has 5 heteroatoms. The molecular weight excluding hydrogens is 539 g/mol. The Morgan fingerprint density at radius 1 is 0.591 bits per heavy atom. The largest absolute Gasteiger partial charge is 0.458 e. The van der Waals surface area contributed by atoms with Crippen LogP contribution in [0.15, 0.2) is 138 Å². The third-order valence-corrected chi connectivity index (χ3v) is 9.25. The number of furan rings is 1. The monoisotopic (exact) mass is 564 g/mol. The van der Waals surface area contributed by atoms with E-state index in [1.54, 1.807) is 0 Å². The maximum atomic E-state index is 6.84. The fraction of sp³-hybridized carbons (Fsp3) is 0.0256. The van der Waals surface area contributed by atoms with Crippen LogP contribution in [0.2, 0.25) is 0 Å². The summed E-state index contributed by atoms with van der Waals surface area (Å²) in [4.78, 5) is 2.27. The van der Waals surface area contributed by atoms with E-state index >= 15 is 0 Å². The van der Waals surface area contributed by atoms with Crippen molar-refractivity contribution in [2.45, 2.75) is 6.92 Å². The second kappa shape index (κ2) is 8.68. The molecule has 4 heterocycles. The number of anilines is 3. The van der Waals surface area contributed by atoms with Gasteiger partial charge in [0.05, 0.1) is 5.52 Å². The van der Waals surface area contributed by atoms with E-state index in [1.807, 2.05) is 0 Å². The maximum Gasteiger partial charge on any atom is 0.256 e. The van der Waals surface area contributed by atoms with Crippen LogP contribution in [0.5, 0.6) is 11.5 Å². The maximum absolute atomic E-state index is 6.84. The molecule has 206 valence electrons. The Labute approximate surface area is 254 Å². The van der Waals surface area contributed by atoms with Crippen LogP contribution in [0.1, 0.15) is 5.56 Å². The zero-order chi connectivity index (χ0) is 28.9. The van der Waals surface area contributed by atoms with Gasteiger partial charge >= 0.3 is 0 Å². The fourth-order valence-electron chi connectivity index (χ4n) is 7.51. The Hall–Kier alpha value is -5.68. The minimum absolute atomic E-state index is 0.101. The number of aromatic nitrogens is 1. The number of ether oxygens (including phenoxy) is 1. The van der Waals surface area contributed by atoms with Gasteiger partial charge in [0, 0.05) is 39.6 Å². The number of rotatable bonds is 3. The van der Waals surface area contributed by atoms with Gasteiger partial charge in [-0.05, 0) is 89.5 Å². The summed E-state index contributed by atoms with van der Waals surface area (Å²) in [7, 11) is 0. The summed E-state index contributed by atoms with van der Waals surface area (Å²) in [5, 5.41) is 2.23. The van der Waals surface area contributed by atoms with Crippen molar-refractivity contribution in [3.05, 3.63) is 139 Å². The molecule has 44 heavy (non-hydrogen) atoms. The van der Waals surface area contributed by atoms with Gasteiger partial charge in [-0.3, -0.25) is 0 Å². The topological polar surface area (TPSA) is 30.5 Å². The molecule has 0 aliphatic carbocycles. The van der Waals surface area contributed by atoms with Crippen LogP contribution in [0.3, 0.4) is 0 Å². The van der Waals surface area contributed by atoms with Gasteiger partial charge in [-0.25, -0.2) is 0 Å². The molecule has 2 aliphatic rings. The molecular formula is C39H25BN2O2. The Morgan fingerprint density at radius 3 is 2.11 bits per heavy atom. The molecule has 0 saturated carbocycles. The number of hydrogen-bond acceptors (Lipinski definition) is 3. The van der Waals surface area contributed by atoms with Crippen LogP contribution in [-0.4, -0.2) is 11.3 Å². The third-order valence-electron chi connectivity index (χ3n) is 9.25. The summed E-state index contributed by atoms with van der Waals surface area (Å²) in [6.45, 7) is 2.25. The average Bonchev–Trinajstić information content (AvgIpc) is 3.59. The minimum atomic E-state index is 0.101. The lowest BCUT2D eigenvalue weighted by Gasteiger charge is -2.33. The van der Waals surface area contributed by atoms with Crippen molar-refractivity contribution in [2.75, 3.05) is 4.90 Å². The number of para-hydroxylation sites is 4. The van der Waals surface area contributed by atoms with Crippen molar-refractivity contribution in [2.24, 2.45) is 0 Å².